The molecule has 0 radical (unpaired) electrons. The number of aryl methyl sites for hydroxylation is 4. The van der Waals surface area contributed by atoms with Crippen LogP contribution in [-0.2, 0) is 88.7 Å². The number of methoxy groups -OCH3 is 1. The first-order chi connectivity index (χ1) is 49.7. The second-order valence-electron chi connectivity index (χ2n) is 27.1. The average molecular weight is 1450 g/mol. The number of carbonyl (C=O) groups is 5. The van der Waals surface area contributed by atoms with E-state index < -0.39 is 107 Å². The molecule has 4 fully saturated rings. The number of halogens is 8. The number of esters is 5. The van der Waals surface area contributed by atoms with Gasteiger partial charge in [-0.05, 0) is 114 Å². The van der Waals surface area contributed by atoms with Crippen molar-refractivity contribution < 1.29 is 103 Å². The second-order valence-corrected chi connectivity index (χ2v) is 27.1. The lowest BCUT2D eigenvalue weighted by atomic mass is 9.87. The third-order valence-corrected chi connectivity index (χ3v) is 22.1. The summed E-state index contributed by atoms with van der Waals surface area (Å²) in [6.45, 7) is 1.82. The third-order valence-electron chi connectivity index (χ3n) is 22.1. The van der Waals surface area contributed by atoms with Gasteiger partial charge in [0.2, 0.25) is 0 Å². The Morgan fingerprint density at radius 1 is 0.442 bits per heavy atom. The Labute approximate surface area is 589 Å². The Kier molecular flexibility index (Phi) is 20.4. The van der Waals surface area contributed by atoms with Crippen molar-refractivity contribution in [3.05, 3.63) is 211 Å². The minimum atomic E-state index is -2.91. The number of hydrogen-bond donors (Lipinski definition) is 2. The maximum Gasteiger partial charge on any atom is 0.373 e. The highest BCUT2D eigenvalue weighted by atomic mass is 19.3. The van der Waals surface area contributed by atoms with Crippen LogP contribution in [-0.4, -0.2) is 106 Å². The lowest BCUT2D eigenvalue weighted by molar-refractivity contribution is -0.191. The molecular formula is C74H72F8N8O14. The van der Waals surface area contributed by atoms with E-state index in [2.05, 4.69) is 33.4 Å². The van der Waals surface area contributed by atoms with E-state index in [1.54, 1.807) is 6.07 Å². The molecular weight excluding hydrogens is 1380 g/mol. The van der Waals surface area contributed by atoms with E-state index in [0.717, 1.165) is 69.3 Å². The van der Waals surface area contributed by atoms with Crippen LogP contribution in [0.5, 0.6) is 0 Å². The number of fused-ring (bicyclic) bond motifs is 20. The van der Waals surface area contributed by atoms with Crippen molar-refractivity contribution in [3.63, 3.8) is 0 Å². The summed E-state index contributed by atoms with van der Waals surface area (Å²) in [5.41, 5.74) is 0.766. The summed E-state index contributed by atoms with van der Waals surface area (Å²) < 4.78 is 138. The van der Waals surface area contributed by atoms with Crippen molar-refractivity contribution in [1.29, 1.82) is 0 Å². The Morgan fingerprint density at radius 3 is 1.04 bits per heavy atom. The molecule has 4 aromatic heterocycles. The zero-order chi connectivity index (χ0) is 74.6. The van der Waals surface area contributed by atoms with Gasteiger partial charge in [0.1, 0.15) is 67.8 Å². The van der Waals surface area contributed by atoms with Crippen LogP contribution in [0.2, 0.25) is 0 Å². The molecule has 0 saturated heterocycles. The number of nitrogens with zero attached hydrogens (tertiary/aromatic N) is 8. The molecule has 12 atom stereocenters. The van der Waals surface area contributed by atoms with Crippen molar-refractivity contribution in [2.45, 2.75) is 130 Å². The summed E-state index contributed by atoms with van der Waals surface area (Å²) in [5.74, 6) is -4.30. The van der Waals surface area contributed by atoms with Crippen LogP contribution >= 0.6 is 0 Å². The molecule has 8 aromatic rings. The third kappa shape index (κ3) is 12.3. The van der Waals surface area contributed by atoms with Crippen LogP contribution in [0, 0.1) is 23.7 Å². The fraction of sp³-hybridized carbons (Fsp3) is 0.432. The molecule has 0 spiro atoms. The van der Waals surface area contributed by atoms with Crippen molar-refractivity contribution in [2.24, 2.45) is 51.9 Å². The maximum absolute atomic E-state index is 13.2. The van der Waals surface area contributed by atoms with Crippen LogP contribution < -0.4 is 0 Å². The van der Waals surface area contributed by atoms with Gasteiger partial charge < -0.3 is 33.9 Å². The fourth-order valence-corrected chi connectivity index (χ4v) is 18.0. The van der Waals surface area contributed by atoms with Gasteiger partial charge in [0.05, 0.1) is 20.3 Å². The molecule has 4 aromatic carbocycles. The first kappa shape index (κ1) is 73.6. The van der Waals surface area contributed by atoms with Gasteiger partial charge >= 0.3 is 36.0 Å². The first-order valence-electron chi connectivity index (χ1n) is 33.6. The lowest BCUT2D eigenvalue weighted by Crippen LogP contribution is -2.38. The Hall–Kier alpha value is -10.2. The summed E-state index contributed by atoms with van der Waals surface area (Å²) in [6, 6.07) is 30.6. The molecule has 12 unspecified atom stereocenters. The maximum atomic E-state index is 13.2. The summed E-state index contributed by atoms with van der Waals surface area (Å²) in [4.78, 5) is 79.6. The van der Waals surface area contributed by atoms with Crippen molar-refractivity contribution in [2.75, 3.05) is 20.3 Å². The number of carbonyl (C=O) groups excluding carboxylic acids is 7. The average Bonchev–Trinajstić information content (AvgIpc) is 1.57. The number of aliphatic hydroxyl groups excluding tert-OH is 2. The summed E-state index contributed by atoms with van der Waals surface area (Å²) in [5, 5.41) is 34.5. The van der Waals surface area contributed by atoms with Crippen LogP contribution in [0.4, 0.5) is 35.1 Å². The molecule has 0 aliphatic heterocycles. The zero-order valence-corrected chi connectivity index (χ0v) is 56.9. The molecule has 4 saturated carbocycles. The van der Waals surface area contributed by atoms with E-state index in [9.17, 15) is 69.3 Å². The molecule has 0 amide bonds. The normalized spacial score (nSPS) is 26.0. The van der Waals surface area contributed by atoms with Gasteiger partial charge in [0, 0.05) is 76.6 Å². The molecule has 104 heavy (non-hydrogen) atoms. The van der Waals surface area contributed by atoms with Crippen molar-refractivity contribution in [3.8, 4) is 0 Å². The lowest BCUT2D eigenvalue weighted by Gasteiger charge is -2.32. The monoisotopic (exact) mass is 1450 g/mol. The van der Waals surface area contributed by atoms with E-state index in [0.29, 0.717) is 31.6 Å². The number of aliphatic hydroxyl groups is 2. The fourth-order valence-electron chi connectivity index (χ4n) is 18.0. The van der Waals surface area contributed by atoms with Gasteiger partial charge in [-0.1, -0.05) is 104 Å². The number of benzene rings is 4. The van der Waals surface area contributed by atoms with Gasteiger partial charge in [-0.25, -0.2) is 54.3 Å². The molecule has 4 heterocycles. The molecule has 22 nitrogen and oxygen atoms in total. The topological polar surface area (TPSA) is 277 Å². The number of alkyl halides is 8. The van der Waals surface area contributed by atoms with Crippen molar-refractivity contribution >= 4 is 36.0 Å². The number of ether oxygens (including phenoxy) is 5. The SMILES string of the molecule is CC1C2CCC1(OC(=O)c1cn(C)nc1C(F)F)c1ccccc12.COC(=O)C1C2CCC1(OC(=O)c1cn(C)nc1C(F)F)c1ccccc12.Cn1cc(C(=O)OC23CCC(c4ccccc42)C3CO)c(C(F)F)n1.Cn1cc(C(=O)OC23CCC(c4ccccc42)C3CO)c(C(F)F)n1.O=C=O. The molecule has 2 N–H and O–H groups in total. The van der Waals surface area contributed by atoms with E-state index in [1.807, 2.05) is 84.9 Å². The molecule has 8 bridgehead atoms. The summed E-state index contributed by atoms with van der Waals surface area (Å²) >= 11 is 0. The minimum Gasteiger partial charge on any atom is -0.469 e. The highest BCUT2D eigenvalue weighted by Crippen LogP contribution is 2.65. The molecule has 8 aliphatic rings. The summed E-state index contributed by atoms with van der Waals surface area (Å²) in [7, 11) is 7.22. The van der Waals surface area contributed by atoms with Crippen LogP contribution in [0.25, 0.3) is 0 Å². The number of rotatable bonds is 15. The highest BCUT2D eigenvalue weighted by molar-refractivity contribution is 5.93. The number of aromatic nitrogens is 8. The van der Waals surface area contributed by atoms with E-state index >= 15 is 0 Å². The minimum absolute atomic E-state index is 0.120. The number of hydrogen-bond acceptors (Lipinski definition) is 18. The van der Waals surface area contributed by atoms with Gasteiger partial charge in [0.25, 0.3) is 25.7 Å². The summed E-state index contributed by atoms with van der Waals surface area (Å²) in [6.07, 6.45) is -0.659. The van der Waals surface area contributed by atoms with E-state index in [1.165, 1.54) is 79.7 Å². The predicted octanol–water partition coefficient (Wildman–Crippen LogP) is 12.3. The Morgan fingerprint density at radius 2 is 0.702 bits per heavy atom. The van der Waals surface area contributed by atoms with E-state index in [4.69, 9.17) is 33.3 Å². The highest BCUT2D eigenvalue weighted by Gasteiger charge is 2.65. The largest absolute Gasteiger partial charge is 0.469 e. The molecule has 548 valence electrons. The van der Waals surface area contributed by atoms with E-state index in [-0.39, 0.29) is 77.1 Å². The van der Waals surface area contributed by atoms with Gasteiger partial charge in [0.15, 0.2) is 5.60 Å². The van der Waals surface area contributed by atoms with Crippen LogP contribution in [0.1, 0.15) is 216 Å². The van der Waals surface area contributed by atoms with Crippen LogP contribution in [0.3, 0.4) is 0 Å². The second kappa shape index (κ2) is 28.8. The van der Waals surface area contributed by atoms with Crippen molar-refractivity contribution in [1.82, 2.24) is 39.1 Å². The van der Waals surface area contributed by atoms with Crippen LogP contribution in [0.15, 0.2) is 122 Å². The quantitative estimate of drug-likeness (QED) is 0.0548. The smallest absolute Gasteiger partial charge is 0.373 e. The molecule has 30 heteroatoms. The first-order valence-corrected chi connectivity index (χ1v) is 33.6. The standard InChI is InChI=1S/C19H18F2N2O4.2C18H18F2N2O3.C18H18F2N2O2.CO2/c1-23-9-12(15(22-23)16(20)21)17(24)27-19-8-7-11(14(19)18(25)26-2)10-5-3-4-6-13(10)19;2*1-22-8-12(15(21-22)16(19)20)17(24)25-18-7-6-11(14(18)9-23)10-4-2-3-5-13(10)18;1-10-11-7-8-18(10,14-6-4-3-5-12(11)14)24-17(23)13-9-22(2)21-15(13)16(19)20;2-1-3/h3-6,9,11,14,16H,7-8H2,1-2H3;2*2-5,8,11,14,16,23H,6-7,9H2,1H3;3-6,9-11,16H,7-8H2,1-2H3;. The van der Waals surface area contributed by atoms with Gasteiger partial charge in [-0.3, -0.25) is 23.5 Å². The van der Waals surface area contributed by atoms with Gasteiger partial charge in [-0.2, -0.15) is 30.0 Å². The molecule has 16 rings (SSSR count). The van der Waals surface area contributed by atoms with Gasteiger partial charge in [-0.15, -0.1) is 0 Å². The Bertz CT molecular complexity index is 4510. The molecule has 8 aliphatic carbocycles. The predicted molar refractivity (Wildman–Crippen MR) is 346 cm³/mol. The Balaban J connectivity index is 0.000000129. The zero-order valence-electron chi connectivity index (χ0n) is 56.9.